The first-order chi connectivity index (χ1) is 14.1. The van der Waals surface area contributed by atoms with Gasteiger partial charge in [-0.15, -0.1) is 0 Å². The van der Waals surface area contributed by atoms with E-state index in [1.807, 2.05) is 18.3 Å². The van der Waals surface area contributed by atoms with Gasteiger partial charge in [0.15, 0.2) is 11.4 Å². The van der Waals surface area contributed by atoms with Crippen molar-refractivity contribution in [2.24, 2.45) is 0 Å². The van der Waals surface area contributed by atoms with Gasteiger partial charge < -0.3 is 23.9 Å². The lowest BCUT2D eigenvalue weighted by Gasteiger charge is -2.09. The lowest BCUT2D eigenvalue weighted by molar-refractivity contribution is 0.0952. The topological polar surface area (TPSA) is 82.8 Å². The van der Waals surface area contributed by atoms with E-state index in [1.165, 1.54) is 12.1 Å². The molecule has 0 radical (unpaired) electrons. The zero-order valence-corrected chi connectivity index (χ0v) is 16.4. The SMILES string of the molecule is CCOC(=O)Oc1oc2c(F)ccc(OCCCNCc3cccnc3)c2c1C. The highest BCUT2D eigenvalue weighted by Crippen LogP contribution is 2.38. The first kappa shape index (κ1) is 20.6. The summed E-state index contributed by atoms with van der Waals surface area (Å²) in [6.07, 6.45) is 3.40. The van der Waals surface area contributed by atoms with Gasteiger partial charge in [-0.25, -0.2) is 9.18 Å². The number of benzene rings is 1. The number of fused-ring (bicyclic) bond motifs is 1. The van der Waals surface area contributed by atoms with Crippen molar-refractivity contribution in [3.05, 3.63) is 53.6 Å². The summed E-state index contributed by atoms with van der Waals surface area (Å²) < 4.78 is 35.1. The number of halogens is 1. The van der Waals surface area contributed by atoms with Crippen LogP contribution in [0.2, 0.25) is 0 Å². The third-order valence-corrected chi connectivity index (χ3v) is 4.19. The summed E-state index contributed by atoms with van der Waals surface area (Å²) in [6.45, 7) is 5.39. The third-order valence-electron chi connectivity index (χ3n) is 4.19. The summed E-state index contributed by atoms with van der Waals surface area (Å²) in [5.41, 5.74) is 1.56. The van der Waals surface area contributed by atoms with Crippen molar-refractivity contribution < 1.29 is 27.8 Å². The summed E-state index contributed by atoms with van der Waals surface area (Å²) in [4.78, 5) is 15.6. The molecular formula is C21H23FN2O5. The standard InChI is InChI=1S/C21H23FN2O5/c1-3-26-21(25)29-20-14(2)18-17(8-7-16(22)19(18)28-20)27-11-5-10-24-13-15-6-4-9-23-12-15/h4,6-9,12,24H,3,5,10-11,13H2,1-2H3. The van der Waals surface area contributed by atoms with Gasteiger partial charge in [-0.2, -0.15) is 0 Å². The van der Waals surface area contributed by atoms with Gasteiger partial charge in [-0.3, -0.25) is 4.98 Å². The van der Waals surface area contributed by atoms with Gasteiger partial charge in [0.1, 0.15) is 5.75 Å². The number of carbonyl (C=O) groups is 1. The Morgan fingerprint density at radius 2 is 2.17 bits per heavy atom. The Bertz CT molecular complexity index is 959. The number of carbonyl (C=O) groups excluding carboxylic acids is 1. The zero-order valence-electron chi connectivity index (χ0n) is 16.4. The van der Waals surface area contributed by atoms with Crippen LogP contribution in [0.1, 0.15) is 24.5 Å². The summed E-state index contributed by atoms with van der Waals surface area (Å²) in [6, 6.07) is 6.70. The lowest BCUT2D eigenvalue weighted by Crippen LogP contribution is -2.17. The molecule has 0 amide bonds. The van der Waals surface area contributed by atoms with E-state index in [0.29, 0.717) is 23.3 Å². The van der Waals surface area contributed by atoms with E-state index in [4.69, 9.17) is 18.6 Å². The molecule has 7 nitrogen and oxygen atoms in total. The predicted molar refractivity (Wildman–Crippen MR) is 105 cm³/mol. The second-order valence-corrected chi connectivity index (χ2v) is 6.29. The van der Waals surface area contributed by atoms with Gasteiger partial charge in [0.2, 0.25) is 0 Å². The van der Waals surface area contributed by atoms with Gasteiger partial charge in [0.05, 0.1) is 18.6 Å². The van der Waals surface area contributed by atoms with E-state index in [2.05, 4.69) is 10.3 Å². The maximum absolute atomic E-state index is 14.2. The van der Waals surface area contributed by atoms with Crippen LogP contribution < -0.4 is 14.8 Å². The lowest BCUT2D eigenvalue weighted by atomic mass is 10.1. The van der Waals surface area contributed by atoms with Crippen molar-refractivity contribution in [1.29, 1.82) is 0 Å². The van der Waals surface area contributed by atoms with Crippen LogP contribution in [0.15, 0.2) is 41.1 Å². The molecule has 0 aliphatic heterocycles. The van der Waals surface area contributed by atoms with Crippen LogP contribution in [0.3, 0.4) is 0 Å². The normalized spacial score (nSPS) is 10.9. The largest absolute Gasteiger partial charge is 0.516 e. The van der Waals surface area contributed by atoms with Crippen LogP contribution in [0, 0.1) is 12.7 Å². The Hall–Kier alpha value is -3.13. The molecule has 3 aromatic rings. The molecule has 0 aliphatic rings. The number of aromatic nitrogens is 1. The fourth-order valence-corrected chi connectivity index (χ4v) is 2.82. The van der Waals surface area contributed by atoms with Crippen molar-refractivity contribution in [3.8, 4) is 11.7 Å². The van der Waals surface area contributed by atoms with Gasteiger partial charge in [0.25, 0.3) is 5.95 Å². The molecule has 2 heterocycles. The van der Waals surface area contributed by atoms with Crippen LogP contribution in [0.5, 0.6) is 11.7 Å². The van der Waals surface area contributed by atoms with E-state index >= 15 is 0 Å². The van der Waals surface area contributed by atoms with Crippen molar-refractivity contribution in [2.75, 3.05) is 19.8 Å². The number of aryl methyl sites for hydroxylation is 1. The molecule has 1 aromatic carbocycles. The summed E-state index contributed by atoms with van der Waals surface area (Å²) in [5.74, 6) is -0.201. The molecule has 0 saturated carbocycles. The molecule has 154 valence electrons. The van der Waals surface area contributed by atoms with E-state index in [9.17, 15) is 9.18 Å². The van der Waals surface area contributed by atoms with Crippen molar-refractivity contribution in [1.82, 2.24) is 10.3 Å². The Morgan fingerprint density at radius 1 is 1.31 bits per heavy atom. The minimum Gasteiger partial charge on any atom is -0.493 e. The van der Waals surface area contributed by atoms with Gasteiger partial charge in [-0.1, -0.05) is 6.07 Å². The molecule has 0 aliphatic carbocycles. The van der Waals surface area contributed by atoms with Crippen LogP contribution in [0.25, 0.3) is 11.0 Å². The minimum atomic E-state index is -0.905. The number of hydrogen-bond donors (Lipinski definition) is 1. The molecule has 0 saturated heterocycles. The average molecular weight is 402 g/mol. The first-order valence-electron chi connectivity index (χ1n) is 9.38. The molecule has 1 N–H and O–H groups in total. The molecule has 8 heteroatoms. The molecule has 29 heavy (non-hydrogen) atoms. The van der Waals surface area contributed by atoms with Crippen molar-refractivity contribution in [3.63, 3.8) is 0 Å². The predicted octanol–water partition coefficient (Wildman–Crippen LogP) is 4.37. The highest BCUT2D eigenvalue weighted by Gasteiger charge is 2.21. The van der Waals surface area contributed by atoms with Crippen LogP contribution in [0.4, 0.5) is 9.18 Å². The molecule has 0 spiro atoms. The Labute approximate surface area is 167 Å². The molecule has 2 aromatic heterocycles. The second-order valence-electron chi connectivity index (χ2n) is 6.29. The summed E-state index contributed by atoms with van der Waals surface area (Å²) in [5, 5.41) is 3.75. The fourth-order valence-electron chi connectivity index (χ4n) is 2.82. The average Bonchev–Trinajstić information content (AvgIpc) is 3.04. The first-order valence-corrected chi connectivity index (χ1v) is 9.38. The number of hydrogen-bond acceptors (Lipinski definition) is 7. The summed E-state index contributed by atoms with van der Waals surface area (Å²) in [7, 11) is 0. The molecule has 0 bridgehead atoms. The maximum atomic E-state index is 14.2. The number of ether oxygens (including phenoxy) is 3. The third kappa shape index (κ3) is 5.23. The van der Waals surface area contributed by atoms with E-state index in [0.717, 1.165) is 25.1 Å². The second kappa shape index (κ2) is 9.88. The number of furan rings is 1. The highest BCUT2D eigenvalue weighted by molar-refractivity contribution is 5.90. The monoisotopic (exact) mass is 402 g/mol. The molecule has 3 rings (SSSR count). The quantitative estimate of drug-likeness (QED) is 0.420. The smallest absolute Gasteiger partial charge is 0.493 e. The van der Waals surface area contributed by atoms with Gasteiger partial charge >= 0.3 is 6.16 Å². The van der Waals surface area contributed by atoms with Crippen molar-refractivity contribution in [2.45, 2.75) is 26.8 Å². The van der Waals surface area contributed by atoms with Gasteiger partial charge in [0, 0.05) is 24.5 Å². The molecule has 0 unspecified atom stereocenters. The maximum Gasteiger partial charge on any atom is 0.516 e. The molecule has 0 atom stereocenters. The number of nitrogens with zero attached hydrogens (tertiary/aromatic N) is 1. The fraction of sp³-hybridized carbons (Fsp3) is 0.333. The van der Waals surface area contributed by atoms with Crippen LogP contribution >= 0.6 is 0 Å². The Kier molecular flexibility index (Phi) is 7.02. The minimum absolute atomic E-state index is 0.0194. The zero-order chi connectivity index (χ0) is 20.6. The van der Waals surface area contributed by atoms with Crippen molar-refractivity contribution >= 4 is 17.1 Å². The number of pyridine rings is 1. The Balaban J connectivity index is 1.59. The van der Waals surface area contributed by atoms with Gasteiger partial charge in [-0.05, 0) is 50.6 Å². The summed E-state index contributed by atoms with van der Waals surface area (Å²) >= 11 is 0. The van der Waals surface area contributed by atoms with E-state index in [-0.39, 0.29) is 18.1 Å². The molecular weight excluding hydrogens is 379 g/mol. The Morgan fingerprint density at radius 3 is 2.93 bits per heavy atom. The number of nitrogens with one attached hydrogen (secondary N) is 1. The van der Waals surface area contributed by atoms with E-state index < -0.39 is 12.0 Å². The number of rotatable bonds is 9. The van der Waals surface area contributed by atoms with E-state index in [1.54, 1.807) is 20.0 Å². The van der Waals surface area contributed by atoms with Crippen LogP contribution in [-0.4, -0.2) is 30.9 Å². The van der Waals surface area contributed by atoms with Crippen LogP contribution in [-0.2, 0) is 11.3 Å². The highest BCUT2D eigenvalue weighted by atomic mass is 19.1. The molecule has 0 fully saturated rings.